The molecule has 1 aliphatic heterocycles. The largest absolute Gasteiger partial charge is 0.456 e. The number of furan rings is 1. The van der Waals surface area contributed by atoms with Gasteiger partial charge in [-0.25, -0.2) is 4.99 Å². The maximum absolute atomic E-state index is 6.99. The Balaban J connectivity index is 0.982. The van der Waals surface area contributed by atoms with Crippen molar-refractivity contribution in [2.45, 2.75) is 25.8 Å². The van der Waals surface area contributed by atoms with Crippen molar-refractivity contribution in [1.29, 1.82) is 0 Å². The Morgan fingerprint density at radius 2 is 1.10 bits per heavy atom. The molecule has 10 aromatic carbocycles. The fourth-order valence-electron chi connectivity index (χ4n) is 11.7. The van der Waals surface area contributed by atoms with E-state index in [-0.39, 0.29) is 12.0 Å². The van der Waals surface area contributed by atoms with E-state index in [1.54, 1.807) is 0 Å². The number of hydrogen-bond donors (Lipinski definition) is 0. The van der Waals surface area contributed by atoms with Gasteiger partial charge in [0, 0.05) is 75.0 Å². The van der Waals surface area contributed by atoms with Crippen molar-refractivity contribution >= 4 is 119 Å². The average Bonchev–Trinajstić information content (AvgIpc) is 4.17. The Hall–Kier alpha value is -8.58. The SMILES string of the molecule is CC1CCC(c2ccc3c4ccccc4n(-c4ccccc4)c3c2)=NC(c2ccc3sc4ccccc4c3c2)=NC1c1cc(-n2c3ccccc3c3cc4ccccc4cc32)cc2c1oc1ccccc12. The van der Waals surface area contributed by atoms with Gasteiger partial charge in [0.25, 0.3) is 0 Å². The predicted octanol–water partition coefficient (Wildman–Crippen LogP) is 17.7. The topological polar surface area (TPSA) is 47.7 Å². The Morgan fingerprint density at radius 3 is 1.93 bits per heavy atom. The van der Waals surface area contributed by atoms with Gasteiger partial charge in [0.05, 0.1) is 33.8 Å². The van der Waals surface area contributed by atoms with Gasteiger partial charge in [0.15, 0.2) is 5.84 Å². The molecule has 5 nitrogen and oxygen atoms in total. The van der Waals surface area contributed by atoms with Crippen molar-refractivity contribution in [3.05, 3.63) is 229 Å². The van der Waals surface area contributed by atoms with Crippen LogP contribution >= 0.6 is 11.3 Å². The second kappa shape index (κ2) is 15.7. The van der Waals surface area contributed by atoms with Crippen LogP contribution in [0.5, 0.6) is 0 Å². The highest BCUT2D eigenvalue weighted by atomic mass is 32.1. The summed E-state index contributed by atoms with van der Waals surface area (Å²) in [6, 6.07) is 77.0. The molecule has 0 bridgehead atoms. The first kappa shape index (κ1) is 40.3. The molecule has 0 amide bonds. The fourth-order valence-corrected chi connectivity index (χ4v) is 12.8. The number of rotatable bonds is 5. The normalized spacial score (nSPS) is 15.7. The van der Waals surface area contributed by atoms with Crippen molar-refractivity contribution in [3.8, 4) is 11.4 Å². The Bertz CT molecular complexity index is 4560. The van der Waals surface area contributed by atoms with E-state index in [2.05, 4.69) is 228 Å². The number of aromatic nitrogens is 2. The maximum atomic E-state index is 6.99. The van der Waals surface area contributed by atoms with Crippen LogP contribution in [0.3, 0.4) is 0 Å². The minimum absolute atomic E-state index is 0.120. The molecule has 71 heavy (non-hydrogen) atoms. The van der Waals surface area contributed by atoms with E-state index in [0.29, 0.717) is 0 Å². The number of fused-ring (bicyclic) bond motifs is 13. The Kier molecular flexibility index (Phi) is 8.93. The van der Waals surface area contributed by atoms with E-state index in [9.17, 15) is 0 Å². The van der Waals surface area contributed by atoms with E-state index < -0.39 is 0 Å². The summed E-state index contributed by atoms with van der Waals surface area (Å²) in [6.07, 6.45) is 1.65. The van der Waals surface area contributed by atoms with Gasteiger partial charge in [-0.05, 0) is 120 Å². The number of hydrogen-bond acceptors (Lipinski definition) is 4. The molecule has 14 aromatic rings. The highest BCUT2D eigenvalue weighted by Crippen LogP contribution is 2.44. The molecule has 6 heteroatoms. The van der Waals surface area contributed by atoms with Gasteiger partial charge in [-0.2, -0.15) is 0 Å². The summed E-state index contributed by atoms with van der Waals surface area (Å²) in [5.41, 5.74) is 12.9. The first-order valence-corrected chi connectivity index (χ1v) is 25.4. The number of thiophene rings is 1. The lowest BCUT2D eigenvalue weighted by Crippen LogP contribution is -2.18. The van der Waals surface area contributed by atoms with Crippen molar-refractivity contribution in [2.24, 2.45) is 15.9 Å². The van der Waals surface area contributed by atoms with Crippen molar-refractivity contribution < 1.29 is 4.42 Å². The zero-order valence-electron chi connectivity index (χ0n) is 38.9. The molecule has 15 rings (SSSR count). The molecule has 0 fully saturated rings. The van der Waals surface area contributed by atoms with Gasteiger partial charge in [0.1, 0.15) is 11.2 Å². The molecule has 4 aromatic heterocycles. The number of benzene rings is 10. The molecule has 2 unspecified atom stereocenters. The first-order chi connectivity index (χ1) is 35.1. The van der Waals surface area contributed by atoms with E-state index in [4.69, 9.17) is 14.4 Å². The molecule has 0 aliphatic carbocycles. The molecule has 0 saturated heterocycles. The number of amidine groups is 1. The summed E-state index contributed by atoms with van der Waals surface area (Å²) in [5.74, 6) is 0.852. The molecule has 1 aliphatic rings. The minimum atomic E-state index is -0.273. The van der Waals surface area contributed by atoms with Crippen LogP contribution in [-0.2, 0) is 0 Å². The molecule has 0 saturated carbocycles. The van der Waals surface area contributed by atoms with E-state index in [1.807, 2.05) is 11.3 Å². The molecule has 336 valence electrons. The molecule has 5 heterocycles. The second-order valence-corrected chi connectivity index (χ2v) is 20.4. The highest BCUT2D eigenvalue weighted by Gasteiger charge is 2.29. The van der Waals surface area contributed by atoms with Gasteiger partial charge in [0.2, 0.25) is 0 Å². The van der Waals surface area contributed by atoms with E-state index >= 15 is 0 Å². The third-order valence-electron chi connectivity index (χ3n) is 15.1. The lowest BCUT2D eigenvalue weighted by atomic mass is 9.87. The maximum Gasteiger partial charge on any atom is 0.155 e. The number of aliphatic imine (C=N–C) groups is 2. The summed E-state index contributed by atoms with van der Waals surface area (Å²) >= 11 is 1.83. The standard InChI is InChI=1S/C65H44N4OS/c1-39-27-31-55(42-28-30-48-46-19-7-11-23-56(46)68(58(48)36-42)44-17-3-2-4-18-44)66-65(43-29-32-62-52(34-43)50-22-10-14-26-61(50)71-62)67-63(39)54-38-45(37-53-49-21-9-13-25-60(49)70-64(53)54)69-57-24-12-8-20-47(57)51-33-40-15-5-6-16-41(40)35-59(51)69/h2-26,28-30,32-39,63H,27,31H2,1H3. The van der Waals surface area contributed by atoms with Gasteiger partial charge < -0.3 is 13.6 Å². The summed E-state index contributed by atoms with van der Waals surface area (Å²) in [6.45, 7) is 2.37. The second-order valence-electron chi connectivity index (χ2n) is 19.3. The molecule has 2 atom stereocenters. The van der Waals surface area contributed by atoms with Crippen LogP contribution in [0.2, 0.25) is 0 Å². The summed E-state index contributed by atoms with van der Waals surface area (Å²) in [4.78, 5) is 11.7. The van der Waals surface area contributed by atoms with Crippen molar-refractivity contribution in [1.82, 2.24) is 9.13 Å². The number of nitrogens with zero attached hydrogens (tertiary/aromatic N) is 4. The predicted molar refractivity (Wildman–Crippen MR) is 300 cm³/mol. The van der Waals surface area contributed by atoms with Crippen LogP contribution in [0.15, 0.2) is 227 Å². The van der Waals surface area contributed by atoms with Crippen LogP contribution in [0, 0.1) is 5.92 Å². The molecule has 0 N–H and O–H groups in total. The molecular formula is C65H44N4OS. The van der Waals surface area contributed by atoms with Gasteiger partial charge in [-0.15, -0.1) is 11.3 Å². The highest BCUT2D eigenvalue weighted by molar-refractivity contribution is 7.25. The third kappa shape index (κ3) is 6.31. The fraction of sp³-hybridized carbons (Fsp3) is 0.0769. The van der Waals surface area contributed by atoms with E-state index in [0.717, 1.165) is 79.9 Å². The van der Waals surface area contributed by atoms with Gasteiger partial charge in [-0.1, -0.05) is 134 Å². The third-order valence-corrected chi connectivity index (χ3v) is 16.3. The summed E-state index contributed by atoms with van der Waals surface area (Å²) in [7, 11) is 0. The van der Waals surface area contributed by atoms with Crippen LogP contribution in [-0.4, -0.2) is 20.7 Å². The monoisotopic (exact) mass is 928 g/mol. The van der Waals surface area contributed by atoms with Crippen LogP contribution in [0.4, 0.5) is 0 Å². The van der Waals surface area contributed by atoms with Crippen LogP contribution in [0.25, 0.3) is 108 Å². The smallest absolute Gasteiger partial charge is 0.155 e. The Labute approximate surface area is 412 Å². The van der Waals surface area contributed by atoms with Gasteiger partial charge >= 0.3 is 0 Å². The molecule has 0 radical (unpaired) electrons. The average molecular weight is 929 g/mol. The first-order valence-electron chi connectivity index (χ1n) is 24.6. The quantitative estimate of drug-likeness (QED) is 0.170. The minimum Gasteiger partial charge on any atom is -0.456 e. The van der Waals surface area contributed by atoms with Crippen molar-refractivity contribution in [3.63, 3.8) is 0 Å². The lowest BCUT2D eigenvalue weighted by Gasteiger charge is -2.25. The van der Waals surface area contributed by atoms with Crippen LogP contribution < -0.4 is 0 Å². The molecular weight excluding hydrogens is 885 g/mol. The Morgan fingerprint density at radius 1 is 0.465 bits per heavy atom. The number of para-hydroxylation sites is 4. The van der Waals surface area contributed by atoms with Crippen molar-refractivity contribution in [2.75, 3.05) is 0 Å². The zero-order chi connectivity index (χ0) is 46.7. The summed E-state index contributed by atoms with van der Waals surface area (Å²) in [5, 5.41) is 12.0. The van der Waals surface area contributed by atoms with Gasteiger partial charge in [-0.3, -0.25) is 4.99 Å². The summed E-state index contributed by atoms with van der Waals surface area (Å²) < 4.78 is 14.4. The lowest BCUT2D eigenvalue weighted by molar-refractivity contribution is 0.444. The van der Waals surface area contributed by atoms with E-state index in [1.165, 1.54) is 69.0 Å². The van der Waals surface area contributed by atoms with Crippen LogP contribution in [0.1, 0.15) is 42.5 Å². The molecule has 0 spiro atoms. The zero-order valence-corrected chi connectivity index (χ0v) is 39.7.